The summed E-state index contributed by atoms with van der Waals surface area (Å²) < 4.78 is 18.8. The number of hydrogen-bond acceptors (Lipinski definition) is 3. The van der Waals surface area contributed by atoms with E-state index in [1.54, 1.807) is 6.92 Å². The lowest BCUT2D eigenvalue weighted by atomic mass is 10.1. The summed E-state index contributed by atoms with van der Waals surface area (Å²) in [5, 5.41) is 7.22. The number of nitrogens with zero attached hydrogens (tertiary/aromatic N) is 1. The van der Waals surface area contributed by atoms with Gasteiger partial charge in [-0.2, -0.15) is 0 Å². The van der Waals surface area contributed by atoms with E-state index in [4.69, 9.17) is 4.52 Å². The molecule has 2 aromatic heterocycles. The first-order valence-electron chi connectivity index (χ1n) is 7.50. The highest BCUT2D eigenvalue weighted by molar-refractivity contribution is 5.95. The van der Waals surface area contributed by atoms with Crippen molar-refractivity contribution in [1.29, 1.82) is 0 Å². The number of rotatable bonds is 4. The SMILES string of the molecule is CCc1[nH]c2c(CNC(=O)c3cnoc3C)cc(F)cc2c1C. The fraction of sp³-hybridized carbons (Fsp3) is 0.294. The molecule has 1 aromatic carbocycles. The maximum atomic E-state index is 13.9. The third-order valence-electron chi connectivity index (χ3n) is 4.11. The lowest BCUT2D eigenvalue weighted by molar-refractivity contribution is 0.0949. The van der Waals surface area contributed by atoms with Crippen LogP contribution in [0.25, 0.3) is 10.9 Å². The molecule has 0 saturated carbocycles. The number of carbonyl (C=O) groups is 1. The second-order valence-corrected chi connectivity index (χ2v) is 5.55. The smallest absolute Gasteiger partial charge is 0.256 e. The largest absolute Gasteiger partial charge is 0.361 e. The highest BCUT2D eigenvalue weighted by Crippen LogP contribution is 2.26. The number of fused-ring (bicyclic) bond motifs is 1. The second kappa shape index (κ2) is 5.87. The van der Waals surface area contributed by atoms with Gasteiger partial charge < -0.3 is 14.8 Å². The Labute approximate surface area is 132 Å². The van der Waals surface area contributed by atoms with Crippen LogP contribution in [0.4, 0.5) is 4.39 Å². The predicted molar refractivity (Wildman–Crippen MR) is 84.8 cm³/mol. The van der Waals surface area contributed by atoms with Crippen molar-refractivity contribution in [2.24, 2.45) is 0 Å². The molecule has 0 aliphatic carbocycles. The van der Waals surface area contributed by atoms with Crippen molar-refractivity contribution in [3.05, 3.63) is 52.3 Å². The minimum absolute atomic E-state index is 0.223. The van der Waals surface area contributed by atoms with Gasteiger partial charge in [0.05, 0.1) is 11.7 Å². The number of aromatic amines is 1. The van der Waals surface area contributed by atoms with Crippen LogP contribution in [-0.4, -0.2) is 16.0 Å². The molecule has 1 amide bonds. The van der Waals surface area contributed by atoms with E-state index in [-0.39, 0.29) is 18.3 Å². The summed E-state index contributed by atoms with van der Waals surface area (Å²) in [6, 6.07) is 2.97. The number of hydrogen-bond donors (Lipinski definition) is 2. The predicted octanol–water partition coefficient (Wildman–Crippen LogP) is 3.40. The van der Waals surface area contributed by atoms with Gasteiger partial charge in [0.2, 0.25) is 0 Å². The number of nitrogens with one attached hydrogen (secondary N) is 2. The standard InChI is InChI=1S/C17H18FN3O2/c1-4-15-9(2)13-6-12(18)5-11(16(13)21-15)7-19-17(22)14-8-20-23-10(14)3/h5-6,8,21H,4,7H2,1-3H3,(H,19,22). The summed E-state index contributed by atoms with van der Waals surface area (Å²) >= 11 is 0. The third-order valence-corrected chi connectivity index (χ3v) is 4.11. The lowest BCUT2D eigenvalue weighted by Crippen LogP contribution is -2.23. The van der Waals surface area contributed by atoms with E-state index in [0.717, 1.165) is 28.6 Å². The fourth-order valence-electron chi connectivity index (χ4n) is 2.79. The summed E-state index contributed by atoms with van der Waals surface area (Å²) in [5.74, 6) is -0.149. The van der Waals surface area contributed by atoms with Gasteiger partial charge in [-0.25, -0.2) is 4.39 Å². The van der Waals surface area contributed by atoms with Crippen LogP contribution in [0, 0.1) is 19.7 Å². The average molecular weight is 315 g/mol. The highest BCUT2D eigenvalue weighted by atomic mass is 19.1. The number of aromatic nitrogens is 2. The van der Waals surface area contributed by atoms with E-state index >= 15 is 0 Å². The molecule has 3 aromatic rings. The van der Waals surface area contributed by atoms with Crippen molar-refractivity contribution in [2.75, 3.05) is 0 Å². The van der Waals surface area contributed by atoms with Crippen molar-refractivity contribution in [2.45, 2.75) is 33.7 Å². The minimum atomic E-state index is -0.312. The van der Waals surface area contributed by atoms with Crippen molar-refractivity contribution in [3.8, 4) is 0 Å². The van der Waals surface area contributed by atoms with Gasteiger partial charge in [-0.15, -0.1) is 0 Å². The molecule has 3 rings (SSSR count). The van der Waals surface area contributed by atoms with Gasteiger partial charge in [-0.3, -0.25) is 4.79 Å². The molecular formula is C17H18FN3O2. The van der Waals surface area contributed by atoms with Gasteiger partial charge in [0.1, 0.15) is 17.1 Å². The molecule has 23 heavy (non-hydrogen) atoms. The zero-order valence-electron chi connectivity index (χ0n) is 13.3. The van der Waals surface area contributed by atoms with Crippen molar-refractivity contribution in [1.82, 2.24) is 15.5 Å². The molecular weight excluding hydrogens is 297 g/mol. The zero-order chi connectivity index (χ0) is 16.6. The zero-order valence-corrected chi connectivity index (χ0v) is 13.3. The number of aryl methyl sites for hydroxylation is 3. The number of carbonyl (C=O) groups excluding carboxylic acids is 1. The molecule has 0 bridgehead atoms. The van der Waals surface area contributed by atoms with E-state index in [9.17, 15) is 9.18 Å². The Morgan fingerprint density at radius 3 is 2.83 bits per heavy atom. The quantitative estimate of drug-likeness (QED) is 0.775. The lowest BCUT2D eigenvalue weighted by Gasteiger charge is -2.06. The molecule has 0 spiro atoms. The molecule has 0 aliphatic heterocycles. The maximum Gasteiger partial charge on any atom is 0.256 e. The molecule has 6 heteroatoms. The van der Waals surface area contributed by atoms with Crippen LogP contribution in [0.2, 0.25) is 0 Å². The summed E-state index contributed by atoms with van der Waals surface area (Å²) in [4.78, 5) is 15.5. The number of amides is 1. The third kappa shape index (κ3) is 2.72. The van der Waals surface area contributed by atoms with Gasteiger partial charge in [0.15, 0.2) is 0 Å². The Hall–Kier alpha value is -2.63. The Bertz CT molecular complexity index is 879. The molecule has 0 atom stereocenters. The van der Waals surface area contributed by atoms with Gasteiger partial charge >= 0.3 is 0 Å². The number of halogens is 1. The summed E-state index contributed by atoms with van der Waals surface area (Å²) in [7, 11) is 0. The Morgan fingerprint density at radius 2 is 2.17 bits per heavy atom. The molecule has 0 radical (unpaired) electrons. The van der Waals surface area contributed by atoms with Gasteiger partial charge in [-0.1, -0.05) is 12.1 Å². The van der Waals surface area contributed by atoms with Gasteiger partial charge in [0, 0.05) is 17.6 Å². The average Bonchev–Trinajstić information content (AvgIpc) is 3.09. The van der Waals surface area contributed by atoms with E-state index in [2.05, 4.69) is 15.5 Å². The van der Waals surface area contributed by atoms with E-state index in [1.165, 1.54) is 18.3 Å². The van der Waals surface area contributed by atoms with Crippen LogP contribution < -0.4 is 5.32 Å². The van der Waals surface area contributed by atoms with Crippen LogP contribution in [0.15, 0.2) is 22.9 Å². The maximum absolute atomic E-state index is 13.9. The Kier molecular flexibility index (Phi) is 3.90. The van der Waals surface area contributed by atoms with Crippen molar-refractivity contribution < 1.29 is 13.7 Å². The number of H-pyrrole nitrogens is 1. The molecule has 2 heterocycles. The fourth-order valence-corrected chi connectivity index (χ4v) is 2.79. The normalized spacial score (nSPS) is 11.1. The molecule has 0 unspecified atom stereocenters. The summed E-state index contributed by atoms with van der Waals surface area (Å²) in [6.07, 6.45) is 2.22. The first kappa shape index (κ1) is 15.3. The van der Waals surface area contributed by atoms with Crippen LogP contribution in [-0.2, 0) is 13.0 Å². The van der Waals surface area contributed by atoms with Crippen LogP contribution in [0.3, 0.4) is 0 Å². The molecule has 0 aliphatic rings. The molecule has 0 fully saturated rings. The van der Waals surface area contributed by atoms with Gasteiger partial charge in [-0.05, 0) is 43.5 Å². The van der Waals surface area contributed by atoms with Crippen LogP contribution in [0.5, 0.6) is 0 Å². The molecule has 120 valence electrons. The topological polar surface area (TPSA) is 70.9 Å². The molecule has 0 saturated heterocycles. The van der Waals surface area contributed by atoms with Crippen LogP contribution in [0.1, 0.15) is 39.9 Å². The Balaban J connectivity index is 1.91. The van der Waals surface area contributed by atoms with E-state index in [1.807, 2.05) is 13.8 Å². The highest BCUT2D eigenvalue weighted by Gasteiger charge is 2.15. The van der Waals surface area contributed by atoms with Crippen molar-refractivity contribution in [3.63, 3.8) is 0 Å². The second-order valence-electron chi connectivity index (χ2n) is 5.55. The first-order chi connectivity index (χ1) is 11.0. The Morgan fingerprint density at radius 1 is 1.39 bits per heavy atom. The summed E-state index contributed by atoms with van der Waals surface area (Å²) in [5.41, 5.74) is 4.08. The monoisotopic (exact) mass is 315 g/mol. The van der Waals surface area contributed by atoms with E-state index in [0.29, 0.717) is 16.9 Å². The minimum Gasteiger partial charge on any atom is -0.361 e. The first-order valence-corrected chi connectivity index (χ1v) is 7.50. The molecule has 2 N–H and O–H groups in total. The van der Waals surface area contributed by atoms with Gasteiger partial charge in [0.25, 0.3) is 5.91 Å². The van der Waals surface area contributed by atoms with Crippen molar-refractivity contribution >= 4 is 16.8 Å². The van der Waals surface area contributed by atoms with E-state index < -0.39 is 0 Å². The summed E-state index contributed by atoms with van der Waals surface area (Å²) in [6.45, 7) is 5.91. The van der Waals surface area contributed by atoms with Crippen LogP contribution >= 0.6 is 0 Å². The number of benzene rings is 1. The molecule has 5 nitrogen and oxygen atoms in total.